The first kappa shape index (κ1) is 21.6. The molecule has 0 atom stereocenters. The van der Waals surface area contributed by atoms with E-state index in [2.05, 4.69) is 10.4 Å². The van der Waals surface area contributed by atoms with Crippen LogP contribution in [0.4, 0.5) is 0 Å². The molecular weight excluding hydrogens is 457 g/mol. The first-order chi connectivity index (χ1) is 15.1. The SMILES string of the molecule is CC1(C)CNC(=O)c2ccc(Oc3c(Cl)cc(-n4nc(C#N)c(=O)[nH]c4=O)cc3Cl)cc21. The molecule has 0 radical (unpaired) electrons. The fourth-order valence-corrected chi connectivity index (χ4v) is 3.92. The molecular formula is C21H15Cl2N5O4. The van der Waals surface area contributed by atoms with Crippen molar-refractivity contribution in [2.24, 2.45) is 0 Å². The highest BCUT2D eigenvalue weighted by Crippen LogP contribution is 2.40. The Morgan fingerprint density at radius 2 is 1.84 bits per heavy atom. The average molecular weight is 472 g/mol. The summed E-state index contributed by atoms with van der Waals surface area (Å²) < 4.78 is 6.71. The van der Waals surface area contributed by atoms with Crippen LogP contribution in [-0.4, -0.2) is 27.2 Å². The van der Waals surface area contributed by atoms with E-state index >= 15 is 0 Å². The number of nitrogens with zero attached hydrogens (tertiary/aromatic N) is 3. The van der Waals surface area contributed by atoms with E-state index in [0.29, 0.717) is 17.9 Å². The van der Waals surface area contributed by atoms with Gasteiger partial charge in [-0.3, -0.25) is 14.6 Å². The van der Waals surface area contributed by atoms with Gasteiger partial charge in [0.15, 0.2) is 5.75 Å². The van der Waals surface area contributed by atoms with Crippen LogP contribution >= 0.6 is 23.2 Å². The molecule has 0 unspecified atom stereocenters. The Morgan fingerprint density at radius 3 is 2.50 bits per heavy atom. The number of nitriles is 1. The van der Waals surface area contributed by atoms with Crippen LogP contribution in [0, 0.1) is 11.3 Å². The van der Waals surface area contributed by atoms with Crippen molar-refractivity contribution < 1.29 is 9.53 Å². The predicted molar refractivity (Wildman–Crippen MR) is 117 cm³/mol. The van der Waals surface area contributed by atoms with E-state index in [4.69, 9.17) is 33.2 Å². The summed E-state index contributed by atoms with van der Waals surface area (Å²) in [5.41, 5.74) is -1.00. The molecule has 0 saturated heterocycles. The molecule has 2 aromatic carbocycles. The quantitative estimate of drug-likeness (QED) is 0.603. The van der Waals surface area contributed by atoms with Crippen LogP contribution in [0.15, 0.2) is 39.9 Å². The summed E-state index contributed by atoms with van der Waals surface area (Å²) in [6.45, 7) is 4.51. The second-order valence-electron chi connectivity index (χ2n) is 7.75. The van der Waals surface area contributed by atoms with Gasteiger partial charge >= 0.3 is 5.69 Å². The molecule has 1 amide bonds. The van der Waals surface area contributed by atoms with Crippen molar-refractivity contribution in [2.75, 3.05) is 6.54 Å². The third-order valence-corrected chi connectivity index (χ3v) is 5.60. The number of ether oxygens (including phenoxy) is 1. The lowest BCUT2D eigenvalue weighted by molar-refractivity contribution is 0.0929. The van der Waals surface area contributed by atoms with Gasteiger partial charge in [0.2, 0.25) is 5.69 Å². The lowest BCUT2D eigenvalue weighted by Gasteiger charge is -2.32. The van der Waals surface area contributed by atoms with Gasteiger partial charge in [0.25, 0.3) is 11.5 Å². The monoisotopic (exact) mass is 471 g/mol. The zero-order chi connectivity index (χ0) is 23.2. The molecule has 2 heterocycles. The number of carbonyl (C=O) groups excluding carboxylic acids is 1. The maximum absolute atomic E-state index is 12.1. The van der Waals surface area contributed by atoms with E-state index in [1.54, 1.807) is 24.3 Å². The summed E-state index contributed by atoms with van der Waals surface area (Å²) in [5, 5.41) is 15.7. The molecule has 32 heavy (non-hydrogen) atoms. The predicted octanol–water partition coefficient (Wildman–Crippen LogP) is 2.91. The smallest absolute Gasteiger partial charge is 0.349 e. The number of carbonyl (C=O) groups is 1. The summed E-state index contributed by atoms with van der Waals surface area (Å²) in [6.07, 6.45) is 0. The zero-order valence-electron chi connectivity index (χ0n) is 16.8. The number of rotatable bonds is 3. The van der Waals surface area contributed by atoms with Gasteiger partial charge in [0.05, 0.1) is 15.7 Å². The minimum absolute atomic E-state index is 0.0700. The Morgan fingerprint density at radius 1 is 1.16 bits per heavy atom. The first-order valence-corrected chi connectivity index (χ1v) is 10.1. The Balaban J connectivity index is 1.74. The molecule has 2 N–H and O–H groups in total. The fraction of sp³-hybridized carbons (Fsp3) is 0.190. The maximum atomic E-state index is 12.1. The lowest BCUT2D eigenvalue weighted by Crippen LogP contribution is -2.43. The second kappa shape index (κ2) is 7.82. The van der Waals surface area contributed by atoms with E-state index < -0.39 is 16.9 Å². The normalized spacial score (nSPS) is 14.3. The minimum Gasteiger partial charge on any atom is -0.454 e. The number of H-pyrrole nitrogens is 1. The molecule has 1 aromatic heterocycles. The van der Waals surface area contributed by atoms with Crippen LogP contribution in [0.25, 0.3) is 5.69 Å². The number of aromatic nitrogens is 3. The number of nitrogens with one attached hydrogen (secondary N) is 2. The van der Waals surface area contributed by atoms with Gasteiger partial charge in [0.1, 0.15) is 11.8 Å². The molecule has 3 aromatic rings. The van der Waals surface area contributed by atoms with Gasteiger partial charge in [-0.15, -0.1) is 5.10 Å². The van der Waals surface area contributed by atoms with Crippen molar-refractivity contribution in [3.05, 3.63) is 78.0 Å². The Hall–Kier alpha value is -3.61. The number of halogens is 2. The summed E-state index contributed by atoms with van der Waals surface area (Å²) in [5.74, 6) is 0.407. The van der Waals surface area contributed by atoms with Crippen molar-refractivity contribution >= 4 is 29.1 Å². The number of fused-ring (bicyclic) bond motifs is 1. The molecule has 1 aliphatic heterocycles. The van der Waals surface area contributed by atoms with Gasteiger partial charge in [-0.25, -0.2) is 4.79 Å². The summed E-state index contributed by atoms with van der Waals surface area (Å²) >= 11 is 12.7. The highest BCUT2D eigenvalue weighted by molar-refractivity contribution is 6.37. The molecule has 0 spiro atoms. The maximum Gasteiger partial charge on any atom is 0.349 e. The Bertz CT molecular complexity index is 1410. The molecule has 0 aliphatic carbocycles. The van der Waals surface area contributed by atoms with Crippen molar-refractivity contribution in [1.29, 1.82) is 5.26 Å². The molecule has 162 valence electrons. The summed E-state index contributed by atoms with van der Waals surface area (Å²) in [4.78, 5) is 37.8. The van der Waals surface area contributed by atoms with E-state index in [-0.39, 0.29) is 32.8 Å². The molecule has 11 heteroatoms. The summed E-state index contributed by atoms with van der Waals surface area (Å²) in [6, 6.07) is 9.41. The van der Waals surface area contributed by atoms with Gasteiger partial charge in [0, 0.05) is 17.5 Å². The van der Waals surface area contributed by atoms with Crippen LogP contribution in [0.3, 0.4) is 0 Å². The highest BCUT2D eigenvalue weighted by Gasteiger charge is 2.32. The number of benzene rings is 2. The Labute approximate surface area is 191 Å². The highest BCUT2D eigenvalue weighted by atomic mass is 35.5. The first-order valence-electron chi connectivity index (χ1n) is 9.34. The lowest BCUT2D eigenvalue weighted by atomic mass is 9.79. The van der Waals surface area contributed by atoms with Crippen LogP contribution in [0.2, 0.25) is 10.0 Å². The number of amides is 1. The largest absolute Gasteiger partial charge is 0.454 e. The van der Waals surface area contributed by atoms with Crippen molar-refractivity contribution in [1.82, 2.24) is 20.1 Å². The van der Waals surface area contributed by atoms with Crippen molar-refractivity contribution in [3.8, 4) is 23.3 Å². The Kier molecular flexibility index (Phi) is 5.28. The summed E-state index contributed by atoms with van der Waals surface area (Å²) in [7, 11) is 0. The molecule has 1 aliphatic rings. The number of aromatic amines is 1. The zero-order valence-corrected chi connectivity index (χ0v) is 18.3. The van der Waals surface area contributed by atoms with Crippen LogP contribution in [0.5, 0.6) is 11.5 Å². The van der Waals surface area contributed by atoms with E-state index in [1.807, 2.05) is 18.8 Å². The number of hydrogen-bond donors (Lipinski definition) is 2. The van der Waals surface area contributed by atoms with Crippen LogP contribution in [0.1, 0.15) is 35.5 Å². The topological polar surface area (TPSA) is 130 Å². The molecule has 0 saturated carbocycles. The van der Waals surface area contributed by atoms with Gasteiger partial charge in [-0.05, 0) is 35.9 Å². The molecule has 4 rings (SSSR count). The average Bonchev–Trinajstić information content (AvgIpc) is 2.74. The van der Waals surface area contributed by atoms with Crippen molar-refractivity contribution in [3.63, 3.8) is 0 Å². The second-order valence-corrected chi connectivity index (χ2v) is 8.56. The third-order valence-electron chi connectivity index (χ3n) is 5.04. The van der Waals surface area contributed by atoms with Gasteiger partial charge in [-0.2, -0.15) is 9.94 Å². The standard InChI is InChI=1S/C21H15Cl2N5O4/c1-21(2)9-25-18(29)12-4-3-11(7-13(12)21)32-17-14(22)5-10(6-15(17)23)28-20(31)26-19(30)16(8-24)27-28/h3-7H,9H2,1-2H3,(H,25,29)(H,26,30,31). The van der Waals surface area contributed by atoms with Gasteiger partial charge in [-0.1, -0.05) is 37.0 Å². The molecule has 0 bridgehead atoms. The van der Waals surface area contributed by atoms with Crippen molar-refractivity contribution in [2.45, 2.75) is 19.3 Å². The number of hydrogen-bond acceptors (Lipinski definition) is 6. The van der Waals surface area contributed by atoms with E-state index in [9.17, 15) is 14.4 Å². The molecule has 0 fully saturated rings. The van der Waals surface area contributed by atoms with E-state index in [0.717, 1.165) is 10.2 Å². The van der Waals surface area contributed by atoms with Crippen LogP contribution < -0.4 is 21.3 Å². The molecule has 9 nitrogen and oxygen atoms in total. The third kappa shape index (κ3) is 3.75. The fourth-order valence-electron chi connectivity index (χ4n) is 3.37. The minimum atomic E-state index is -0.894. The van der Waals surface area contributed by atoms with Gasteiger partial charge < -0.3 is 10.1 Å². The van der Waals surface area contributed by atoms with Crippen LogP contribution in [-0.2, 0) is 5.41 Å². The van der Waals surface area contributed by atoms with E-state index in [1.165, 1.54) is 12.1 Å².